The molecule has 4 saturated carbocycles. The molecule has 4 nitrogen and oxygen atoms in total. The standard InChI is InChI=1S/C33H56O4/c1-28(2)19-23-22-9-10-25-30(4)13-12-26(36)31(5,21-35)24(30)11-14-33(25,7)32(22,6)16-15-29(23,3)27(20-28)37-18-8-17-34/h9,23-27,34-36H,8,10-21H2,1-7H3/t23-,24?,25?,26-,27+,29+,30-,31+,32+,33+/m0/s1. The first-order valence-corrected chi connectivity index (χ1v) is 15.4. The van der Waals surface area contributed by atoms with E-state index in [-0.39, 0.29) is 46.4 Å². The Morgan fingerprint density at radius 2 is 1.59 bits per heavy atom. The molecule has 212 valence electrons. The van der Waals surface area contributed by atoms with Crippen LogP contribution in [0.5, 0.6) is 0 Å². The zero-order valence-electron chi connectivity index (χ0n) is 24.9. The van der Waals surface area contributed by atoms with E-state index >= 15 is 0 Å². The van der Waals surface area contributed by atoms with E-state index < -0.39 is 11.5 Å². The smallest absolute Gasteiger partial charge is 0.0639 e. The number of allylic oxidation sites excluding steroid dienone is 2. The molecule has 0 spiro atoms. The van der Waals surface area contributed by atoms with Gasteiger partial charge in [-0.2, -0.15) is 0 Å². The van der Waals surface area contributed by atoms with Gasteiger partial charge in [-0.1, -0.05) is 60.1 Å². The highest BCUT2D eigenvalue weighted by Gasteiger charge is 2.69. The van der Waals surface area contributed by atoms with Gasteiger partial charge in [0.2, 0.25) is 0 Å². The molecule has 0 amide bonds. The van der Waals surface area contributed by atoms with Crippen LogP contribution < -0.4 is 0 Å². The second-order valence-electron chi connectivity index (χ2n) is 16.1. The van der Waals surface area contributed by atoms with E-state index in [1.165, 1.54) is 25.7 Å². The Morgan fingerprint density at radius 3 is 2.27 bits per heavy atom. The van der Waals surface area contributed by atoms with Crippen molar-refractivity contribution in [3.63, 3.8) is 0 Å². The van der Waals surface area contributed by atoms with Crippen molar-refractivity contribution in [1.29, 1.82) is 0 Å². The highest BCUT2D eigenvalue weighted by atomic mass is 16.5. The van der Waals surface area contributed by atoms with Crippen molar-refractivity contribution in [3.8, 4) is 0 Å². The molecule has 0 aromatic carbocycles. The SMILES string of the molecule is CC1(C)C[C@@H](OCCCO)[C@]2(C)CC[C@]3(C)C(=CCC4[C@@]5(C)CC[C@H](O)[C@](C)(CO)C5CC[C@]43C)[C@@H]2C1. The molecule has 5 aliphatic rings. The van der Waals surface area contributed by atoms with Crippen LogP contribution in [0.4, 0.5) is 0 Å². The molecule has 0 aliphatic heterocycles. The summed E-state index contributed by atoms with van der Waals surface area (Å²) in [6.45, 7) is 18.2. The molecule has 4 heteroatoms. The van der Waals surface area contributed by atoms with Crippen molar-refractivity contribution >= 4 is 0 Å². The van der Waals surface area contributed by atoms with Crippen molar-refractivity contribution in [3.05, 3.63) is 11.6 Å². The minimum atomic E-state index is -0.396. The van der Waals surface area contributed by atoms with Crippen molar-refractivity contribution < 1.29 is 20.1 Å². The minimum Gasteiger partial charge on any atom is -0.396 e. The Bertz CT molecular complexity index is 912. The molecule has 0 radical (unpaired) electrons. The quantitative estimate of drug-likeness (QED) is 0.287. The molecule has 0 saturated heterocycles. The number of hydrogen-bond donors (Lipinski definition) is 3. The van der Waals surface area contributed by atoms with Gasteiger partial charge in [0.1, 0.15) is 0 Å². The van der Waals surface area contributed by atoms with Crippen LogP contribution in [0.3, 0.4) is 0 Å². The van der Waals surface area contributed by atoms with Crippen LogP contribution >= 0.6 is 0 Å². The second-order valence-corrected chi connectivity index (χ2v) is 16.1. The number of aliphatic hydroxyl groups excluding tert-OH is 3. The summed E-state index contributed by atoms with van der Waals surface area (Å²) >= 11 is 0. The average molecular weight is 517 g/mol. The lowest BCUT2D eigenvalue weighted by molar-refractivity contribution is -0.220. The van der Waals surface area contributed by atoms with E-state index in [0.717, 1.165) is 38.5 Å². The highest BCUT2D eigenvalue weighted by Crippen LogP contribution is 2.75. The first-order valence-electron chi connectivity index (χ1n) is 15.4. The van der Waals surface area contributed by atoms with Crippen LogP contribution in [0.25, 0.3) is 0 Å². The van der Waals surface area contributed by atoms with E-state index in [0.29, 0.717) is 24.4 Å². The summed E-state index contributed by atoms with van der Waals surface area (Å²) in [6, 6.07) is 0. The normalized spacial score (nSPS) is 52.8. The molecule has 5 rings (SSSR count). The number of aliphatic hydroxyl groups is 3. The number of fused-ring (bicyclic) bond motifs is 7. The number of rotatable bonds is 5. The van der Waals surface area contributed by atoms with Crippen LogP contribution in [-0.4, -0.2) is 47.3 Å². The molecule has 0 heterocycles. The van der Waals surface area contributed by atoms with Gasteiger partial charge in [-0.05, 0) is 104 Å². The van der Waals surface area contributed by atoms with E-state index in [4.69, 9.17) is 4.74 Å². The van der Waals surface area contributed by atoms with Crippen molar-refractivity contribution in [2.45, 2.75) is 125 Å². The summed E-state index contributed by atoms with van der Waals surface area (Å²) in [5, 5.41) is 30.8. The van der Waals surface area contributed by atoms with E-state index in [1.807, 2.05) is 0 Å². The van der Waals surface area contributed by atoms with Gasteiger partial charge in [-0.15, -0.1) is 0 Å². The van der Waals surface area contributed by atoms with E-state index in [1.54, 1.807) is 5.57 Å². The van der Waals surface area contributed by atoms with Gasteiger partial charge >= 0.3 is 0 Å². The summed E-state index contributed by atoms with van der Waals surface area (Å²) in [5.74, 6) is 1.51. The van der Waals surface area contributed by atoms with Crippen LogP contribution in [-0.2, 0) is 4.74 Å². The Hall–Kier alpha value is -0.420. The summed E-state index contributed by atoms with van der Waals surface area (Å²) in [6.07, 6.45) is 13.4. The van der Waals surface area contributed by atoms with Crippen LogP contribution in [0.15, 0.2) is 11.6 Å². The molecule has 5 aliphatic carbocycles. The molecule has 3 N–H and O–H groups in total. The zero-order valence-corrected chi connectivity index (χ0v) is 24.9. The number of hydrogen-bond acceptors (Lipinski definition) is 4. The van der Waals surface area contributed by atoms with Gasteiger partial charge < -0.3 is 20.1 Å². The monoisotopic (exact) mass is 516 g/mol. The Labute approximate surface area is 226 Å². The van der Waals surface area contributed by atoms with Gasteiger partial charge in [-0.3, -0.25) is 0 Å². The fourth-order valence-electron chi connectivity index (χ4n) is 11.2. The number of ether oxygens (including phenoxy) is 1. The fraction of sp³-hybridized carbons (Fsp3) is 0.939. The van der Waals surface area contributed by atoms with Crippen molar-refractivity contribution in [1.82, 2.24) is 0 Å². The molecular weight excluding hydrogens is 460 g/mol. The highest BCUT2D eigenvalue weighted by molar-refractivity contribution is 5.34. The molecule has 4 fully saturated rings. The Kier molecular flexibility index (Phi) is 6.88. The summed E-state index contributed by atoms with van der Waals surface area (Å²) in [4.78, 5) is 0. The summed E-state index contributed by atoms with van der Waals surface area (Å²) < 4.78 is 6.57. The molecule has 0 bridgehead atoms. The van der Waals surface area contributed by atoms with Crippen LogP contribution in [0, 0.1) is 50.2 Å². The maximum atomic E-state index is 11.0. The topological polar surface area (TPSA) is 69.9 Å². The van der Waals surface area contributed by atoms with Crippen molar-refractivity contribution in [2.24, 2.45) is 50.2 Å². The van der Waals surface area contributed by atoms with Crippen LogP contribution in [0.2, 0.25) is 0 Å². The van der Waals surface area contributed by atoms with Crippen LogP contribution in [0.1, 0.15) is 113 Å². The molecule has 10 atom stereocenters. The fourth-order valence-corrected chi connectivity index (χ4v) is 11.2. The average Bonchev–Trinajstić information content (AvgIpc) is 2.83. The van der Waals surface area contributed by atoms with Gasteiger partial charge in [0.15, 0.2) is 0 Å². The molecule has 0 aromatic heterocycles. The summed E-state index contributed by atoms with van der Waals surface area (Å²) in [5.41, 5.74) is 2.31. The van der Waals surface area contributed by atoms with Gasteiger partial charge in [0, 0.05) is 24.0 Å². The third-order valence-corrected chi connectivity index (χ3v) is 13.8. The molecule has 0 aromatic rings. The molecule has 37 heavy (non-hydrogen) atoms. The Balaban J connectivity index is 1.53. The maximum absolute atomic E-state index is 11.0. The zero-order chi connectivity index (χ0) is 27.1. The molecular formula is C33H56O4. The predicted molar refractivity (Wildman–Crippen MR) is 149 cm³/mol. The lowest BCUT2D eigenvalue weighted by atomic mass is 9.33. The summed E-state index contributed by atoms with van der Waals surface area (Å²) in [7, 11) is 0. The van der Waals surface area contributed by atoms with Gasteiger partial charge in [0.25, 0.3) is 0 Å². The second kappa shape index (κ2) is 9.05. The largest absolute Gasteiger partial charge is 0.396 e. The first-order chi connectivity index (χ1) is 17.2. The molecule has 2 unspecified atom stereocenters. The minimum absolute atomic E-state index is 0.0867. The first kappa shape index (κ1) is 28.1. The Morgan fingerprint density at radius 1 is 0.865 bits per heavy atom. The third kappa shape index (κ3) is 3.81. The third-order valence-electron chi connectivity index (χ3n) is 13.8. The lowest BCUT2D eigenvalue weighted by Crippen LogP contribution is -2.66. The maximum Gasteiger partial charge on any atom is 0.0639 e. The lowest BCUT2D eigenvalue weighted by Gasteiger charge is -2.71. The van der Waals surface area contributed by atoms with Crippen molar-refractivity contribution in [2.75, 3.05) is 19.8 Å². The van der Waals surface area contributed by atoms with Gasteiger partial charge in [0.05, 0.1) is 18.8 Å². The van der Waals surface area contributed by atoms with E-state index in [9.17, 15) is 15.3 Å². The predicted octanol–water partition coefficient (Wildman–Crippen LogP) is 6.52. The van der Waals surface area contributed by atoms with E-state index in [2.05, 4.69) is 54.5 Å². The van der Waals surface area contributed by atoms with Gasteiger partial charge in [-0.25, -0.2) is 0 Å².